The molecule has 0 amide bonds. The van der Waals surface area contributed by atoms with Gasteiger partial charge in [0.1, 0.15) is 5.82 Å². The molecule has 3 aromatic rings. The monoisotopic (exact) mass is 378 g/mol. The molecule has 1 aromatic heterocycles. The lowest BCUT2D eigenvalue weighted by atomic mass is 10.1. The van der Waals surface area contributed by atoms with Crippen LogP contribution in [-0.4, -0.2) is 26.3 Å². The van der Waals surface area contributed by atoms with Gasteiger partial charge in [0.15, 0.2) is 5.82 Å². The topological polar surface area (TPSA) is 43.1 Å². The van der Waals surface area contributed by atoms with E-state index < -0.39 is 0 Å². The average molecular weight is 379 g/mol. The second kappa shape index (κ2) is 6.20. The SMILES string of the molecule is Fc1ccc(C2=Nn3c(nnc3-c3ccc(Cl)cc3Cl)SC2)cc1. The molecular weight excluding hydrogens is 370 g/mol. The van der Waals surface area contributed by atoms with Gasteiger partial charge in [-0.15, -0.1) is 10.2 Å². The maximum atomic E-state index is 13.1. The zero-order valence-corrected chi connectivity index (χ0v) is 14.4. The van der Waals surface area contributed by atoms with E-state index in [-0.39, 0.29) is 5.82 Å². The quantitative estimate of drug-likeness (QED) is 0.646. The summed E-state index contributed by atoms with van der Waals surface area (Å²) in [4.78, 5) is 0. The predicted octanol–water partition coefficient (Wildman–Crippen LogP) is 4.75. The van der Waals surface area contributed by atoms with Crippen LogP contribution in [0.1, 0.15) is 5.56 Å². The van der Waals surface area contributed by atoms with Crippen molar-refractivity contribution in [3.63, 3.8) is 0 Å². The molecule has 0 spiro atoms. The number of rotatable bonds is 2. The van der Waals surface area contributed by atoms with Gasteiger partial charge in [0.25, 0.3) is 0 Å². The second-order valence-electron chi connectivity index (χ2n) is 5.08. The van der Waals surface area contributed by atoms with Gasteiger partial charge in [0.2, 0.25) is 5.16 Å². The van der Waals surface area contributed by atoms with E-state index in [0.29, 0.717) is 32.3 Å². The van der Waals surface area contributed by atoms with Gasteiger partial charge >= 0.3 is 0 Å². The number of hydrogen-bond acceptors (Lipinski definition) is 4. The maximum absolute atomic E-state index is 13.1. The van der Waals surface area contributed by atoms with E-state index in [1.165, 1.54) is 23.9 Å². The number of aromatic nitrogens is 3. The molecule has 8 heteroatoms. The molecule has 0 saturated carbocycles. The lowest BCUT2D eigenvalue weighted by molar-refractivity contribution is 0.627. The molecule has 0 unspecified atom stereocenters. The van der Waals surface area contributed by atoms with Crippen LogP contribution in [0.4, 0.5) is 4.39 Å². The summed E-state index contributed by atoms with van der Waals surface area (Å²) in [6.07, 6.45) is 0. The van der Waals surface area contributed by atoms with Crippen LogP contribution < -0.4 is 0 Å². The Morgan fingerprint density at radius 3 is 2.58 bits per heavy atom. The molecule has 0 N–H and O–H groups in total. The molecule has 2 aromatic carbocycles. The summed E-state index contributed by atoms with van der Waals surface area (Å²) in [6, 6.07) is 11.4. The molecule has 4 nitrogen and oxygen atoms in total. The minimum atomic E-state index is -0.276. The van der Waals surface area contributed by atoms with E-state index in [2.05, 4.69) is 15.3 Å². The summed E-state index contributed by atoms with van der Waals surface area (Å²) in [5, 5.41) is 14.7. The van der Waals surface area contributed by atoms with Crippen LogP contribution in [0.25, 0.3) is 11.4 Å². The van der Waals surface area contributed by atoms with Crippen molar-refractivity contribution in [2.75, 3.05) is 5.75 Å². The first-order valence-electron chi connectivity index (χ1n) is 6.99. The molecule has 0 radical (unpaired) electrons. The van der Waals surface area contributed by atoms with Gasteiger partial charge in [-0.25, -0.2) is 4.39 Å². The van der Waals surface area contributed by atoms with Crippen molar-refractivity contribution in [3.8, 4) is 11.4 Å². The van der Waals surface area contributed by atoms with Crippen LogP contribution in [0.2, 0.25) is 10.0 Å². The van der Waals surface area contributed by atoms with Gasteiger partial charge in [-0.1, -0.05) is 47.1 Å². The van der Waals surface area contributed by atoms with E-state index in [1.54, 1.807) is 35.0 Å². The van der Waals surface area contributed by atoms with E-state index >= 15 is 0 Å². The largest absolute Gasteiger partial charge is 0.212 e. The molecule has 0 fully saturated rings. The minimum Gasteiger partial charge on any atom is -0.207 e. The van der Waals surface area contributed by atoms with Crippen LogP contribution in [0.3, 0.4) is 0 Å². The van der Waals surface area contributed by atoms with Crippen LogP contribution >= 0.6 is 35.0 Å². The molecule has 24 heavy (non-hydrogen) atoms. The summed E-state index contributed by atoms with van der Waals surface area (Å²) in [5.74, 6) is 0.901. The van der Waals surface area contributed by atoms with Crippen molar-refractivity contribution in [2.45, 2.75) is 5.16 Å². The van der Waals surface area contributed by atoms with Gasteiger partial charge in [0.05, 0.1) is 10.7 Å². The van der Waals surface area contributed by atoms with Crippen molar-refractivity contribution >= 4 is 40.7 Å². The second-order valence-corrected chi connectivity index (χ2v) is 6.87. The summed E-state index contributed by atoms with van der Waals surface area (Å²) in [7, 11) is 0. The normalized spacial score (nSPS) is 13.5. The van der Waals surface area contributed by atoms with Crippen molar-refractivity contribution in [3.05, 3.63) is 63.9 Å². The van der Waals surface area contributed by atoms with Crippen LogP contribution in [0.5, 0.6) is 0 Å². The highest BCUT2D eigenvalue weighted by atomic mass is 35.5. The van der Waals surface area contributed by atoms with E-state index in [0.717, 1.165) is 11.3 Å². The summed E-state index contributed by atoms with van der Waals surface area (Å²) >= 11 is 13.7. The highest BCUT2D eigenvalue weighted by molar-refractivity contribution is 7.99. The van der Waals surface area contributed by atoms with Gasteiger partial charge in [0, 0.05) is 16.3 Å². The number of halogens is 3. The van der Waals surface area contributed by atoms with Crippen molar-refractivity contribution in [2.24, 2.45) is 5.10 Å². The zero-order chi connectivity index (χ0) is 16.7. The third kappa shape index (κ3) is 2.81. The van der Waals surface area contributed by atoms with Crippen LogP contribution in [0.15, 0.2) is 52.7 Å². The summed E-state index contributed by atoms with van der Waals surface area (Å²) in [5.41, 5.74) is 2.37. The van der Waals surface area contributed by atoms with E-state index in [4.69, 9.17) is 23.2 Å². The first-order valence-corrected chi connectivity index (χ1v) is 8.73. The fourth-order valence-corrected chi connectivity index (χ4v) is 3.68. The molecule has 0 atom stereocenters. The van der Waals surface area contributed by atoms with Crippen LogP contribution in [0, 0.1) is 5.82 Å². The lowest BCUT2D eigenvalue weighted by Crippen LogP contribution is -2.13. The number of benzene rings is 2. The van der Waals surface area contributed by atoms with Gasteiger partial charge in [-0.05, 0) is 35.9 Å². The van der Waals surface area contributed by atoms with E-state index in [1.807, 2.05) is 0 Å². The van der Waals surface area contributed by atoms with Crippen molar-refractivity contribution in [1.82, 2.24) is 14.9 Å². The number of fused-ring (bicyclic) bond motifs is 1. The van der Waals surface area contributed by atoms with Crippen molar-refractivity contribution in [1.29, 1.82) is 0 Å². The Kier molecular flexibility index (Phi) is 4.04. The Hall–Kier alpha value is -1.89. The maximum Gasteiger partial charge on any atom is 0.212 e. The molecule has 1 aliphatic rings. The Labute approximate surface area is 151 Å². The Bertz CT molecular complexity index is 953. The molecule has 0 bridgehead atoms. The zero-order valence-electron chi connectivity index (χ0n) is 12.1. The fraction of sp³-hybridized carbons (Fsp3) is 0.0625. The summed E-state index contributed by atoms with van der Waals surface area (Å²) in [6.45, 7) is 0. The lowest BCUT2D eigenvalue weighted by Gasteiger charge is -2.14. The van der Waals surface area contributed by atoms with Crippen LogP contribution in [-0.2, 0) is 0 Å². The van der Waals surface area contributed by atoms with Gasteiger partial charge in [-0.3, -0.25) is 0 Å². The molecule has 0 aliphatic carbocycles. The molecule has 2 heterocycles. The molecule has 120 valence electrons. The average Bonchev–Trinajstić information content (AvgIpc) is 2.98. The Morgan fingerprint density at radius 1 is 1.04 bits per heavy atom. The molecule has 4 rings (SSSR count). The summed E-state index contributed by atoms with van der Waals surface area (Å²) < 4.78 is 14.8. The fourth-order valence-electron chi connectivity index (χ4n) is 2.35. The highest BCUT2D eigenvalue weighted by Crippen LogP contribution is 2.33. The first kappa shape index (κ1) is 15.6. The smallest absolute Gasteiger partial charge is 0.207 e. The molecular formula is C16H9Cl2FN4S. The first-order chi connectivity index (χ1) is 11.6. The molecule has 0 saturated heterocycles. The number of nitrogens with zero attached hydrogens (tertiary/aromatic N) is 4. The third-order valence-electron chi connectivity index (χ3n) is 3.52. The van der Waals surface area contributed by atoms with Crippen molar-refractivity contribution < 1.29 is 4.39 Å². The van der Waals surface area contributed by atoms with Gasteiger partial charge in [-0.2, -0.15) is 9.78 Å². The predicted molar refractivity (Wildman–Crippen MR) is 94.5 cm³/mol. The number of hydrogen-bond donors (Lipinski definition) is 0. The highest BCUT2D eigenvalue weighted by Gasteiger charge is 2.22. The standard InChI is InChI=1S/C16H9Cl2FN4S/c17-10-3-6-12(13(18)7-10)15-20-21-16-23(15)22-14(8-24-16)9-1-4-11(19)5-2-9/h1-7H,8H2. The van der Waals surface area contributed by atoms with E-state index in [9.17, 15) is 4.39 Å². The minimum absolute atomic E-state index is 0.276. The Morgan fingerprint density at radius 2 is 1.83 bits per heavy atom. The number of thioether (sulfide) groups is 1. The third-order valence-corrected chi connectivity index (χ3v) is 5.00. The Balaban J connectivity index is 1.80. The molecule has 1 aliphatic heterocycles. The van der Waals surface area contributed by atoms with Gasteiger partial charge < -0.3 is 0 Å².